The monoisotopic (exact) mass is 210 g/mol. The molecular weight excluding hydrogens is 196 g/mol. The zero-order chi connectivity index (χ0) is 11.4. The molecule has 0 radical (unpaired) electrons. The van der Waals surface area contributed by atoms with E-state index in [0.717, 1.165) is 17.6 Å². The Morgan fingerprint density at radius 2 is 1.94 bits per heavy atom. The summed E-state index contributed by atoms with van der Waals surface area (Å²) in [6.45, 7) is 2.02. The Kier molecular flexibility index (Phi) is 3.12. The summed E-state index contributed by atoms with van der Waals surface area (Å²) in [5.41, 5.74) is 0. The predicted molar refractivity (Wildman–Crippen MR) is 67.5 cm³/mol. The lowest BCUT2D eigenvalue weighted by Crippen LogP contribution is -2.12. The van der Waals surface area contributed by atoms with Crippen LogP contribution in [0.4, 0.5) is 0 Å². The Balaban J connectivity index is 2.41. The van der Waals surface area contributed by atoms with Gasteiger partial charge in [-0.3, -0.25) is 0 Å². The molecule has 1 atom stereocenters. The summed E-state index contributed by atoms with van der Waals surface area (Å²) in [7, 11) is 0. The third-order valence-corrected chi connectivity index (χ3v) is 2.58. The molecule has 0 amide bonds. The van der Waals surface area contributed by atoms with Crippen LogP contribution in [-0.4, -0.2) is 6.10 Å². The number of hydrogen-bond donors (Lipinski definition) is 0. The van der Waals surface area contributed by atoms with Gasteiger partial charge in [0.2, 0.25) is 0 Å². The topological polar surface area (TPSA) is 9.23 Å². The highest BCUT2D eigenvalue weighted by Gasteiger charge is 2.06. The van der Waals surface area contributed by atoms with Crippen molar-refractivity contribution < 1.29 is 4.74 Å². The molecule has 0 saturated carbocycles. The van der Waals surface area contributed by atoms with Crippen LogP contribution in [0.25, 0.3) is 10.8 Å². The first-order chi connectivity index (χ1) is 7.85. The minimum atomic E-state index is -0.147. The average molecular weight is 210 g/mol. The summed E-state index contributed by atoms with van der Waals surface area (Å²) in [6.07, 6.45) is 6.07. The third kappa shape index (κ3) is 2.01. The van der Waals surface area contributed by atoms with Crippen molar-refractivity contribution in [3.63, 3.8) is 0 Å². The first-order valence-corrected chi connectivity index (χ1v) is 5.45. The Bertz CT molecular complexity index is 517. The van der Waals surface area contributed by atoms with E-state index >= 15 is 0 Å². The maximum absolute atomic E-state index is 5.79. The molecule has 2 aromatic carbocycles. The van der Waals surface area contributed by atoms with E-state index in [2.05, 4.69) is 18.1 Å². The first-order valence-electron chi connectivity index (χ1n) is 5.45. The van der Waals surface area contributed by atoms with Gasteiger partial charge in [0.1, 0.15) is 5.75 Å². The van der Waals surface area contributed by atoms with Crippen LogP contribution in [0.3, 0.4) is 0 Å². The molecule has 0 aromatic heterocycles. The van der Waals surface area contributed by atoms with Crippen molar-refractivity contribution in [3.8, 4) is 18.1 Å². The molecule has 1 unspecified atom stereocenters. The molecule has 0 N–H and O–H groups in total. The van der Waals surface area contributed by atoms with Gasteiger partial charge in [-0.1, -0.05) is 49.2 Å². The number of rotatable bonds is 3. The van der Waals surface area contributed by atoms with Gasteiger partial charge in [0, 0.05) is 5.39 Å². The minimum Gasteiger partial charge on any atom is -0.477 e. The largest absolute Gasteiger partial charge is 0.477 e. The smallest absolute Gasteiger partial charge is 0.158 e. The van der Waals surface area contributed by atoms with Gasteiger partial charge in [0.25, 0.3) is 0 Å². The summed E-state index contributed by atoms with van der Waals surface area (Å²) in [5, 5.41) is 2.28. The van der Waals surface area contributed by atoms with Crippen molar-refractivity contribution >= 4 is 10.8 Å². The first kappa shape index (κ1) is 10.6. The molecule has 80 valence electrons. The second kappa shape index (κ2) is 4.72. The minimum absolute atomic E-state index is 0.147. The highest BCUT2D eigenvalue weighted by atomic mass is 16.5. The number of terminal acetylenes is 1. The Morgan fingerprint density at radius 1 is 1.19 bits per heavy atom. The molecule has 0 spiro atoms. The summed E-state index contributed by atoms with van der Waals surface area (Å²) in [5.74, 6) is 3.51. The lowest BCUT2D eigenvalue weighted by atomic mass is 10.1. The van der Waals surface area contributed by atoms with Gasteiger partial charge in [0.15, 0.2) is 6.10 Å². The van der Waals surface area contributed by atoms with Crippen LogP contribution in [-0.2, 0) is 0 Å². The highest BCUT2D eigenvalue weighted by Crippen LogP contribution is 2.26. The van der Waals surface area contributed by atoms with E-state index < -0.39 is 0 Å². The molecule has 0 aliphatic heterocycles. The second-order valence-corrected chi connectivity index (χ2v) is 3.66. The van der Waals surface area contributed by atoms with Crippen LogP contribution in [0.1, 0.15) is 13.3 Å². The van der Waals surface area contributed by atoms with Crippen molar-refractivity contribution in [1.82, 2.24) is 0 Å². The van der Waals surface area contributed by atoms with Gasteiger partial charge in [-0.05, 0) is 17.9 Å². The van der Waals surface area contributed by atoms with Crippen LogP contribution >= 0.6 is 0 Å². The van der Waals surface area contributed by atoms with Crippen LogP contribution < -0.4 is 4.74 Å². The molecule has 0 aliphatic carbocycles. The van der Waals surface area contributed by atoms with Gasteiger partial charge in [-0.2, -0.15) is 0 Å². The molecule has 0 heterocycles. The van der Waals surface area contributed by atoms with Crippen molar-refractivity contribution in [1.29, 1.82) is 0 Å². The van der Waals surface area contributed by atoms with Gasteiger partial charge < -0.3 is 4.74 Å². The lowest BCUT2D eigenvalue weighted by molar-refractivity contribution is 0.257. The van der Waals surface area contributed by atoms with Gasteiger partial charge >= 0.3 is 0 Å². The van der Waals surface area contributed by atoms with E-state index in [-0.39, 0.29) is 6.10 Å². The number of benzene rings is 2. The normalized spacial score (nSPS) is 12.0. The van der Waals surface area contributed by atoms with Crippen LogP contribution in [0, 0.1) is 12.3 Å². The van der Waals surface area contributed by atoms with Gasteiger partial charge in [-0.25, -0.2) is 0 Å². The molecule has 2 rings (SSSR count). The molecule has 0 saturated heterocycles. The van der Waals surface area contributed by atoms with E-state index in [1.807, 2.05) is 37.3 Å². The third-order valence-electron chi connectivity index (χ3n) is 2.58. The van der Waals surface area contributed by atoms with Crippen molar-refractivity contribution in [2.75, 3.05) is 0 Å². The van der Waals surface area contributed by atoms with E-state index in [0.29, 0.717) is 0 Å². The fourth-order valence-electron chi connectivity index (χ4n) is 1.69. The molecule has 2 aromatic rings. The summed E-state index contributed by atoms with van der Waals surface area (Å²) < 4.78 is 5.79. The van der Waals surface area contributed by atoms with Crippen LogP contribution in [0.5, 0.6) is 5.75 Å². The van der Waals surface area contributed by atoms with Crippen LogP contribution in [0.15, 0.2) is 42.5 Å². The Hall–Kier alpha value is -1.94. The van der Waals surface area contributed by atoms with Gasteiger partial charge in [0.05, 0.1) is 0 Å². The van der Waals surface area contributed by atoms with Crippen molar-refractivity contribution in [2.24, 2.45) is 0 Å². The highest BCUT2D eigenvalue weighted by molar-refractivity contribution is 5.88. The van der Waals surface area contributed by atoms with E-state index in [1.165, 1.54) is 5.39 Å². The molecule has 0 fully saturated rings. The number of hydrogen-bond acceptors (Lipinski definition) is 1. The average Bonchev–Trinajstić information content (AvgIpc) is 2.36. The zero-order valence-corrected chi connectivity index (χ0v) is 9.31. The predicted octanol–water partition coefficient (Wildman–Crippen LogP) is 3.63. The second-order valence-electron chi connectivity index (χ2n) is 3.66. The zero-order valence-electron chi connectivity index (χ0n) is 9.31. The summed E-state index contributed by atoms with van der Waals surface area (Å²) in [4.78, 5) is 0. The lowest BCUT2D eigenvalue weighted by Gasteiger charge is -2.13. The van der Waals surface area contributed by atoms with Crippen molar-refractivity contribution in [3.05, 3.63) is 42.5 Å². The van der Waals surface area contributed by atoms with Crippen LogP contribution in [0.2, 0.25) is 0 Å². The van der Waals surface area contributed by atoms with E-state index in [4.69, 9.17) is 11.2 Å². The molecule has 0 aliphatic rings. The molecule has 0 bridgehead atoms. The van der Waals surface area contributed by atoms with E-state index in [9.17, 15) is 0 Å². The van der Waals surface area contributed by atoms with Gasteiger partial charge in [-0.15, -0.1) is 6.42 Å². The number of ether oxygens (including phenoxy) is 1. The maximum Gasteiger partial charge on any atom is 0.158 e. The quantitative estimate of drug-likeness (QED) is 0.703. The fourth-order valence-corrected chi connectivity index (χ4v) is 1.69. The molecule has 16 heavy (non-hydrogen) atoms. The molecule has 1 nitrogen and oxygen atoms in total. The van der Waals surface area contributed by atoms with Crippen molar-refractivity contribution in [2.45, 2.75) is 19.4 Å². The molecule has 1 heteroatoms. The standard InChI is InChI=1S/C15H14O/c1-3-13(4-2)16-15-11-7-9-12-8-5-6-10-14(12)15/h1,5-11,13H,4H2,2H3. The SMILES string of the molecule is C#CC(CC)Oc1cccc2ccccc12. The number of fused-ring (bicyclic) bond motifs is 1. The summed E-state index contributed by atoms with van der Waals surface area (Å²) in [6, 6.07) is 14.2. The van der Waals surface area contributed by atoms with E-state index in [1.54, 1.807) is 0 Å². The maximum atomic E-state index is 5.79. The summed E-state index contributed by atoms with van der Waals surface area (Å²) >= 11 is 0. The Labute approximate surface area is 96.1 Å². The Morgan fingerprint density at radius 3 is 2.69 bits per heavy atom. The molecular formula is C15H14O. The fraction of sp³-hybridized carbons (Fsp3) is 0.200.